The number of carboxylic acids is 2. The molecule has 38 heavy (non-hydrogen) atoms. The lowest BCUT2D eigenvalue weighted by molar-refractivity contribution is -0.177. The highest BCUT2D eigenvalue weighted by atomic mass is 16.6. The maximum Gasteiger partial charge on any atom is 0.353 e. The van der Waals surface area contributed by atoms with E-state index in [2.05, 4.69) is 4.90 Å². The molecule has 0 aromatic heterocycles. The standard InChI is InChI=1S/C26H29NO11/c1-27-10-9-25-21-13-3-4-14(35-2)22(21)38-23(25)15(7-8-26(25,34)17(27)11-13)37-24(33)16(12-19(30)31)36-20(32)6-5-18(28)29/h3-4,7,16-17,23,34H,5-6,8-12H2,1-2H3,(H,28,29)(H,30,31)/t16-,17-,23?,25?,26-/m1/s1. The Morgan fingerprint density at radius 2 is 1.95 bits per heavy atom. The average Bonchev–Trinajstić information content (AvgIpc) is 3.21. The second-order valence-corrected chi connectivity index (χ2v) is 10.2. The molecule has 2 heterocycles. The number of esters is 2. The molecule has 0 radical (unpaired) electrons. The number of nitrogens with zero attached hydrogens (tertiary/aromatic N) is 1. The number of carbonyl (C=O) groups excluding carboxylic acids is 2. The van der Waals surface area contributed by atoms with Crippen LogP contribution in [0, 0.1) is 0 Å². The van der Waals surface area contributed by atoms with Crippen molar-refractivity contribution in [1.29, 1.82) is 0 Å². The highest BCUT2D eigenvalue weighted by Gasteiger charge is 2.72. The third kappa shape index (κ3) is 3.81. The monoisotopic (exact) mass is 531 g/mol. The van der Waals surface area contributed by atoms with E-state index in [9.17, 15) is 29.4 Å². The summed E-state index contributed by atoms with van der Waals surface area (Å²) in [7, 11) is 3.48. The molecule has 3 N–H and O–H groups in total. The van der Waals surface area contributed by atoms with Crippen LogP contribution in [0.15, 0.2) is 24.0 Å². The lowest BCUT2D eigenvalue weighted by Crippen LogP contribution is -2.74. The fourth-order valence-corrected chi connectivity index (χ4v) is 6.53. The van der Waals surface area contributed by atoms with Crippen molar-refractivity contribution < 1.29 is 53.4 Å². The van der Waals surface area contributed by atoms with E-state index in [1.165, 1.54) is 7.11 Å². The van der Waals surface area contributed by atoms with E-state index in [-0.39, 0.29) is 18.2 Å². The molecule has 1 saturated heterocycles. The third-order valence-electron chi connectivity index (χ3n) is 8.22. The molecule has 12 heteroatoms. The van der Waals surface area contributed by atoms with Crippen LogP contribution in [-0.2, 0) is 40.5 Å². The van der Waals surface area contributed by atoms with Gasteiger partial charge in [0.2, 0.25) is 6.10 Å². The average molecular weight is 532 g/mol. The first-order valence-electron chi connectivity index (χ1n) is 12.4. The fraction of sp³-hybridized carbons (Fsp3) is 0.538. The number of methoxy groups -OCH3 is 1. The number of carboxylic acid groups (broad SMARTS) is 2. The van der Waals surface area contributed by atoms with Gasteiger partial charge in [0.05, 0.1) is 37.4 Å². The van der Waals surface area contributed by atoms with Crippen LogP contribution >= 0.6 is 0 Å². The largest absolute Gasteiger partial charge is 0.493 e. The summed E-state index contributed by atoms with van der Waals surface area (Å²) in [5, 5.41) is 30.2. The van der Waals surface area contributed by atoms with Gasteiger partial charge in [0.1, 0.15) is 5.76 Å². The number of likely N-dealkylation sites (tertiary alicyclic amines) is 1. The number of hydrogen-bond acceptors (Lipinski definition) is 10. The van der Waals surface area contributed by atoms with Crippen LogP contribution in [0.1, 0.15) is 43.2 Å². The summed E-state index contributed by atoms with van der Waals surface area (Å²) in [6.07, 6.45) is -1.79. The summed E-state index contributed by atoms with van der Waals surface area (Å²) >= 11 is 0. The van der Waals surface area contributed by atoms with Gasteiger partial charge in [-0.3, -0.25) is 14.4 Å². The van der Waals surface area contributed by atoms with Gasteiger partial charge in [-0.1, -0.05) is 6.07 Å². The molecule has 2 aliphatic heterocycles. The molecule has 0 amide bonds. The van der Waals surface area contributed by atoms with Gasteiger partial charge in [-0.25, -0.2) is 4.79 Å². The zero-order valence-corrected chi connectivity index (χ0v) is 21.0. The molecule has 1 spiro atoms. The predicted octanol–water partition coefficient (Wildman–Crippen LogP) is 0.767. The van der Waals surface area contributed by atoms with Crippen LogP contribution in [0.2, 0.25) is 0 Å². The molecular formula is C26H29NO11. The van der Waals surface area contributed by atoms with E-state index in [0.29, 0.717) is 30.9 Å². The topological polar surface area (TPSA) is 169 Å². The lowest BCUT2D eigenvalue weighted by atomic mass is 9.50. The molecule has 4 aliphatic rings. The lowest BCUT2D eigenvalue weighted by Gasteiger charge is -2.61. The Bertz CT molecular complexity index is 1240. The first kappa shape index (κ1) is 26.0. The van der Waals surface area contributed by atoms with Gasteiger partial charge in [-0.15, -0.1) is 0 Å². The minimum absolute atomic E-state index is 0.0889. The number of likely N-dealkylation sites (N-methyl/N-ethyl adjacent to an activating group) is 1. The molecular weight excluding hydrogens is 502 g/mol. The highest BCUT2D eigenvalue weighted by Crippen LogP contribution is 2.65. The van der Waals surface area contributed by atoms with Crippen molar-refractivity contribution in [3.8, 4) is 11.5 Å². The number of hydrogen-bond donors (Lipinski definition) is 3. The molecule has 12 nitrogen and oxygen atoms in total. The summed E-state index contributed by atoms with van der Waals surface area (Å²) in [4.78, 5) is 49.4. The Morgan fingerprint density at radius 3 is 2.63 bits per heavy atom. The van der Waals surface area contributed by atoms with Gasteiger partial charge in [-0.2, -0.15) is 0 Å². The molecule has 2 aliphatic carbocycles. The van der Waals surface area contributed by atoms with E-state index in [4.69, 9.17) is 24.1 Å². The second-order valence-electron chi connectivity index (χ2n) is 10.2. The highest BCUT2D eigenvalue weighted by molar-refractivity contribution is 5.85. The molecule has 2 unspecified atom stereocenters. The minimum Gasteiger partial charge on any atom is -0.493 e. The van der Waals surface area contributed by atoms with Crippen molar-refractivity contribution in [3.63, 3.8) is 0 Å². The van der Waals surface area contributed by atoms with Crippen molar-refractivity contribution in [1.82, 2.24) is 4.90 Å². The van der Waals surface area contributed by atoms with Gasteiger partial charge >= 0.3 is 23.9 Å². The van der Waals surface area contributed by atoms with E-state index in [0.717, 1.165) is 11.1 Å². The number of piperidine rings is 1. The maximum absolute atomic E-state index is 13.1. The number of ether oxygens (including phenoxy) is 4. The Hall–Kier alpha value is -3.64. The smallest absolute Gasteiger partial charge is 0.353 e. The Balaban J connectivity index is 1.48. The van der Waals surface area contributed by atoms with Crippen LogP contribution in [0.5, 0.6) is 11.5 Å². The van der Waals surface area contributed by atoms with Gasteiger partial charge in [-0.05, 0) is 44.1 Å². The molecule has 1 aromatic rings. The van der Waals surface area contributed by atoms with Crippen molar-refractivity contribution in [2.45, 2.75) is 67.8 Å². The molecule has 5 rings (SSSR count). The quantitative estimate of drug-likeness (QED) is 0.383. The van der Waals surface area contributed by atoms with Crippen LogP contribution < -0.4 is 9.47 Å². The number of carbonyl (C=O) groups is 4. The predicted molar refractivity (Wildman–Crippen MR) is 127 cm³/mol. The van der Waals surface area contributed by atoms with E-state index >= 15 is 0 Å². The number of rotatable bonds is 9. The molecule has 2 bridgehead atoms. The van der Waals surface area contributed by atoms with Crippen molar-refractivity contribution in [3.05, 3.63) is 35.1 Å². The van der Waals surface area contributed by atoms with E-state index < -0.39 is 66.4 Å². The summed E-state index contributed by atoms with van der Waals surface area (Å²) in [6, 6.07) is 3.55. The summed E-state index contributed by atoms with van der Waals surface area (Å²) in [5.74, 6) is -3.77. The first-order chi connectivity index (χ1) is 18.0. The molecule has 1 fully saturated rings. The Labute approximate surface area is 217 Å². The zero-order chi connectivity index (χ0) is 27.4. The van der Waals surface area contributed by atoms with Gasteiger partial charge < -0.3 is 39.2 Å². The number of aliphatic hydroxyl groups is 1. The fourth-order valence-electron chi connectivity index (χ4n) is 6.53. The molecule has 204 valence electrons. The van der Waals surface area contributed by atoms with Crippen molar-refractivity contribution >= 4 is 23.9 Å². The second kappa shape index (κ2) is 9.28. The van der Waals surface area contributed by atoms with Crippen molar-refractivity contribution in [2.75, 3.05) is 20.7 Å². The number of aliphatic carboxylic acids is 2. The van der Waals surface area contributed by atoms with Crippen LogP contribution in [0.25, 0.3) is 0 Å². The first-order valence-corrected chi connectivity index (χ1v) is 12.4. The Kier molecular flexibility index (Phi) is 6.35. The summed E-state index contributed by atoms with van der Waals surface area (Å²) in [5.41, 5.74) is -0.327. The van der Waals surface area contributed by atoms with Crippen LogP contribution in [0.3, 0.4) is 0 Å². The van der Waals surface area contributed by atoms with Gasteiger partial charge in [0, 0.05) is 18.0 Å². The van der Waals surface area contributed by atoms with Crippen LogP contribution in [-0.4, -0.2) is 88.6 Å². The molecule has 1 aromatic carbocycles. The van der Waals surface area contributed by atoms with Gasteiger partial charge in [0.15, 0.2) is 17.6 Å². The normalized spacial score (nSPS) is 29.3. The zero-order valence-electron chi connectivity index (χ0n) is 21.0. The van der Waals surface area contributed by atoms with Crippen molar-refractivity contribution in [2.24, 2.45) is 0 Å². The Morgan fingerprint density at radius 1 is 1.18 bits per heavy atom. The minimum atomic E-state index is -1.79. The molecule has 0 saturated carbocycles. The molecule has 5 atom stereocenters. The van der Waals surface area contributed by atoms with Crippen LogP contribution in [0.4, 0.5) is 0 Å². The summed E-state index contributed by atoms with van der Waals surface area (Å²) in [6.45, 7) is 0.660. The van der Waals surface area contributed by atoms with Gasteiger partial charge in [0.25, 0.3) is 0 Å². The van der Waals surface area contributed by atoms with E-state index in [1.807, 2.05) is 13.1 Å². The third-order valence-corrected chi connectivity index (χ3v) is 8.22. The summed E-state index contributed by atoms with van der Waals surface area (Å²) < 4.78 is 22.6. The maximum atomic E-state index is 13.1. The van der Waals surface area contributed by atoms with E-state index in [1.54, 1.807) is 12.1 Å². The number of benzene rings is 1. The SMILES string of the molecule is COc1ccc2c3c1OC1C(OC(=O)[C@@H](CC(=O)O)OC(=O)CCC(=O)O)=CC[C@@]4(O)[C@@H](C2)N(C)CCC314.